The standard InChI is InChI=1S/C13H21F3N2O3/c1-3-12(6-4-7-17-12)11(20)18(9-13(14,15)16)8-5-10(19)21-2/h17H,3-9H2,1-2H3. The summed E-state index contributed by atoms with van der Waals surface area (Å²) >= 11 is 0. The van der Waals surface area contributed by atoms with Crippen molar-refractivity contribution in [1.82, 2.24) is 10.2 Å². The van der Waals surface area contributed by atoms with Crippen molar-refractivity contribution >= 4 is 11.9 Å². The van der Waals surface area contributed by atoms with Crippen molar-refractivity contribution in [3.8, 4) is 0 Å². The number of nitrogens with one attached hydrogen (secondary N) is 1. The van der Waals surface area contributed by atoms with Gasteiger partial charge in [0, 0.05) is 6.54 Å². The Morgan fingerprint density at radius 1 is 1.38 bits per heavy atom. The molecule has 1 atom stereocenters. The van der Waals surface area contributed by atoms with Crippen LogP contribution in [0.4, 0.5) is 13.2 Å². The average molecular weight is 310 g/mol. The van der Waals surface area contributed by atoms with Gasteiger partial charge in [0.2, 0.25) is 5.91 Å². The Hall–Kier alpha value is -1.31. The molecule has 122 valence electrons. The Balaban J connectivity index is 2.83. The SMILES string of the molecule is CCC1(C(=O)N(CCC(=O)OC)CC(F)(F)F)CCCN1. The molecule has 0 aliphatic carbocycles. The summed E-state index contributed by atoms with van der Waals surface area (Å²) in [5, 5.41) is 3.01. The van der Waals surface area contributed by atoms with E-state index in [4.69, 9.17) is 0 Å². The van der Waals surface area contributed by atoms with Gasteiger partial charge in [0.1, 0.15) is 6.54 Å². The summed E-state index contributed by atoms with van der Waals surface area (Å²) in [6.45, 7) is 0.722. The van der Waals surface area contributed by atoms with Crippen molar-refractivity contribution in [3.05, 3.63) is 0 Å². The van der Waals surface area contributed by atoms with E-state index in [9.17, 15) is 22.8 Å². The number of ether oxygens (including phenoxy) is 1. The van der Waals surface area contributed by atoms with Crippen LogP contribution in [0.5, 0.6) is 0 Å². The lowest BCUT2D eigenvalue weighted by Gasteiger charge is -2.34. The Morgan fingerprint density at radius 3 is 2.48 bits per heavy atom. The van der Waals surface area contributed by atoms with Crippen molar-refractivity contribution < 1.29 is 27.5 Å². The highest BCUT2D eigenvalue weighted by atomic mass is 19.4. The van der Waals surface area contributed by atoms with Gasteiger partial charge >= 0.3 is 12.1 Å². The lowest BCUT2D eigenvalue weighted by molar-refractivity contribution is -0.166. The van der Waals surface area contributed by atoms with E-state index in [0.717, 1.165) is 13.5 Å². The maximum atomic E-state index is 12.7. The van der Waals surface area contributed by atoms with Crippen molar-refractivity contribution in [1.29, 1.82) is 0 Å². The van der Waals surface area contributed by atoms with E-state index in [-0.39, 0.29) is 13.0 Å². The van der Waals surface area contributed by atoms with E-state index in [0.29, 0.717) is 24.3 Å². The third-order valence-electron chi connectivity index (χ3n) is 3.73. The molecule has 0 spiro atoms. The molecule has 1 fully saturated rings. The molecule has 21 heavy (non-hydrogen) atoms. The fraction of sp³-hybridized carbons (Fsp3) is 0.846. The van der Waals surface area contributed by atoms with Crippen LogP contribution in [-0.4, -0.2) is 55.2 Å². The Kier molecular flexibility index (Phi) is 6.00. The van der Waals surface area contributed by atoms with E-state index in [1.807, 2.05) is 0 Å². The molecule has 0 aromatic carbocycles. The molecule has 1 unspecified atom stereocenters. The molecule has 1 aliphatic heterocycles. The van der Waals surface area contributed by atoms with Crippen LogP contribution in [0.15, 0.2) is 0 Å². The minimum Gasteiger partial charge on any atom is -0.469 e. The zero-order valence-electron chi connectivity index (χ0n) is 12.3. The van der Waals surface area contributed by atoms with Crippen molar-refractivity contribution in [2.45, 2.75) is 44.3 Å². The highest BCUT2D eigenvalue weighted by molar-refractivity contribution is 5.87. The Morgan fingerprint density at radius 2 is 2.05 bits per heavy atom. The van der Waals surface area contributed by atoms with Crippen LogP contribution in [0.25, 0.3) is 0 Å². The number of carbonyl (C=O) groups is 2. The van der Waals surface area contributed by atoms with E-state index < -0.39 is 30.1 Å². The first kappa shape index (κ1) is 17.7. The predicted molar refractivity (Wildman–Crippen MR) is 69.5 cm³/mol. The number of methoxy groups -OCH3 is 1. The van der Waals surface area contributed by atoms with Crippen molar-refractivity contribution in [3.63, 3.8) is 0 Å². The van der Waals surface area contributed by atoms with Gasteiger partial charge in [0.05, 0.1) is 19.1 Å². The maximum absolute atomic E-state index is 12.7. The number of halogens is 3. The van der Waals surface area contributed by atoms with Gasteiger partial charge in [-0.15, -0.1) is 0 Å². The monoisotopic (exact) mass is 310 g/mol. The molecule has 1 aliphatic rings. The summed E-state index contributed by atoms with van der Waals surface area (Å²) in [5.74, 6) is -1.23. The molecule has 1 heterocycles. The third-order valence-corrected chi connectivity index (χ3v) is 3.73. The summed E-state index contributed by atoms with van der Waals surface area (Å²) in [7, 11) is 1.16. The molecule has 5 nitrogen and oxygen atoms in total. The number of hydrogen-bond donors (Lipinski definition) is 1. The number of carbonyl (C=O) groups excluding carboxylic acids is 2. The van der Waals surface area contributed by atoms with E-state index >= 15 is 0 Å². The smallest absolute Gasteiger partial charge is 0.406 e. The van der Waals surface area contributed by atoms with Gasteiger partial charge in [0.15, 0.2) is 0 Å². The van der Waals surface area contributed by atoms with Crippen LogP contribution in [-0.2, 0) is 14.3 Å². The van der Waals surface area contributed by atoms with Gasteiger partial charge in [-0.05, 0) is 25.8 Å². The maximum Gasteiger partial charge on any atom is 0.406 e. The molecule has 0 aromatic heterocycles. The molecule has 0 aromatic rings. The quantitative estimate of drug-likeness (QED) is 0.755. The highest BCUT2D eigenvalue weighted by Gasteiger charge is 2.44. The molecule has 1 rings (SSSR count). The van der Waals surface area contributed by atoms with Gasteiger partial charge in [-0.1, -0.05) is 6.92 Å². The molecular weight excluding hydrogens is 289 g/mol. The molecule has 8 heteroatoms. The van der Waals surface area contributed by atoms with E-state index in [2.05, 4.69) is 10.1 Å². The Bertz CT molecular complexity index is 379. The number of rotatable bonds is 6. The number of alkyl halides is 3. The van der Waals surface area contributed by atoms with Gasteiger partial charge in [0.25, 0.3) is 0 Å². The molecule has 1 amide bonds. The predicted octanol–water partition coefficient (Wildman–Crippen LogP) is 1.47. The van der Waals surface area contributed by atoms with Gasteiger partial charge in [-0.2, -0.15) is 13.2 Å². The van der Waals surface area contributed by atoms with Gasteiger partial charge in [-0.3, -0.25) is 9.59 Å². The van der Waals surface area contributed by atoms with Gasteiger partial charge in [-0.25, -0.2) is 0 Å². The zero-order chi connectivity index (χ0) is 16.1. The summed E-state index contributed by atoms with van der Waals surface area (Å²) < 4.78 is 42.4. The second kappa shape index (κ2) is 7.11. The third kappa shape index (κ3) is 4.87. The van der Waals surface area contributed by atoms with E-state index in [1.165, 1.54) is 0 Å². The summed E-state index contributed by atoms with van der Waals surface area (Å²) in [4.78, 5) is 24.3. The fourth-order valence-electron chi connectivity index (χ4n) is 2.54. The van der Waals surface area contributed by atoms with Gasteiger partial charge < -0.3 is 15.0 Å². The number of hydrogen-bond acceptors (Lipinski definition) is 4. The molecular formula is C13H21F3N2O3. The number of esters is 1. The second-order valence-corrected chi connectivity index (χ2v) is 5.13. The first-order chi connectivity index (χ1) is 9.74. The number of nitrogens with zero attached hydrogens (tertiary/aromatic N) is 1. The van der Waals surface area contributed by atoms with Crippen LogP contribution in [0.3, 0.4) is 0 Å². The summed E-state index contributed by atoms with van der Waals surface area (Å²) in [6.07, 6.45) is -3.08. The first-order valence-corrected chi connectivity index (χ1v) is 6.92. The van der Waals surface area contributed by atoms with Crippen LogP contribution in [0, 0.1) is 0 Å². The summed E-state index contributed by atoms with van der Waals surface area (Å²) in [5.41, 5.74) is -0.943. The second-order valence-electron chi connectivity index (χ2n) is 5.13. The minimum absolute atomic E-state index is 0.252. The molecule has 1 N–H and O–H groups in total. The van der Waals surface area contributed by atoms with E-state index in [1.54, 1.807) is 6.92 Å². The molecule has 1 saturated heterocycles. The topological polar surface area (TPSA) is 58.6 Å². The van der Waals surface area contributed by atoms with Crippen LogP contribution in [0.1, 0.15) is 32.6 Å². The van der Waals surface area contributed by atoms with Crippen LogP contribution < -0.4 is 5.32 Å². The lowest BCUT2D eigenvalue weighted by atomic mass is 9.92. The normalized spacial score (nSPS) is 22.1. The molecule has 0 saturated carbocycles. The average Bonchev–Trinajstić information content (AvgIpc) is 2.91. The fourth-order valence-corrected chi connectivity index (χ4v) is 2.54. The first-order valence-electron chi connectivity index (χ1n) is 6.92. The molecule has 0 bridgehead atoms. The largest absolute Gasteiger partial charge is 0.469 e. The number of amides is 1. The van der Waals surface area contributed by atoms with Crippen molar-refractivity contribution in [2.75, 3.05) is 26.7 Å². The Labute approximate surface area is 121 Å². The van der Waals surface area contributed by atoms with Crippen LogP contribution >= 0.6 is 0 Å². The van der Waals surface area contributed by atoms with Crippen molar-refractivity contribution in [2.24, 2.45) is 0 Å². The van der Waals surface area contributed by atoms with Crippen LogP contribution in [0.2, 0.25) is 0 Å². The zero-order valence-corrected chi connectivity index (χ0v) is 12.3. The molecule has 0 radical (unpaired) electrons. The minimum atomic E-state index is -4.50. The summed E-state index contributed by atoms with van der Waals surface area (Å²) in [6, 6.07) is 0. The lowest BCUT2D eigenvalue weighted by Crippen LogP contribution is -2.56. The highest BCUT2D eigenvalue weighted by Crippen LogP contribution is 2.27.